The quantitative estimate of drug-likeness (QED) is 0.721. The number of nitrogens with zero attached hydrogens (tertiary/aromatic N) is 3. The molecule has 2 aromatic rings. The third-order valence-electron chi connectivity index (χ3n) is 4.75. The van der Waals surface area contributed by atoms with Crippen LogP contribution in [0.15, 0.2) is 35.1 Å². The van der Waals surface area contributed by atoms with Crippen LogP contribution in [0, 0.1) is 5.82 Å². The highest BCUT2D eigenvalue weighted by Gasteiger charge is 2.32. The molecule has 0 radical (unpaired) electrons. The average Bonchev–Trinajstić information content (AvgIpc) is 3.02. The first-order valence-corrected chi connectivity index (χ1v) is 10.4. The summed E-state index contributed by atoms with van der Waals surface area (Å²) in [6.07, 6.45) is 0.365. The van der Waals surface area contributed by atoms with E-state index in [1.165, 1.54) is 43.3 Å². The molecule has 3 rings (SSSR count). The van der Waals surface area contributed by atoms with Crippen molar-refractivity contribution in [2.24, 2.45) is 0 Å². The number of benzene rings is 1. The molecule has 150 valence electrons. The molecule has 1 saturated heterocycles. The summed E-state index contributed by atoms with van der Waals surface area (Å²) in [7, 11) is -0.211. The van der Waals surface area contributed by atoms with Gasteiger partial charge in [-0.05, 0) is 24.6 Å². The largest absolute Gasteiger partial charge is 0.497 e. The van der Waals surface area contributed by atoms with Crippen LogP contribution in [0.3, 0.4) is 0 Å². The van der Waals surface area contributed by atoms with Crippen LogP contribution in [0.2, 0.25) is 0 Å². The lowest BCUT2D eigenvalue weighted by Gasteiger charge is -2.23. The Hall–Kier alpha value is -2.75. The normalized spacial score (nSPS) is 18.0. The van der Waals surface area contributed by atoms with E-state index in [0.29, 0.717) is 12.2 Å². The van der Waals surface area contributed by atoms with Gasteiger partial charge in [0.1, 0.15) is 18.1 Å². The molecule has 0 aliphatic carbocycles. The van der Waals surface area contributed by atoms with Gasteiger partial charge < -0.3 is 9.64 Å². The minimum absolute atomic E-state index is 0.0414. The van der Waals surface area contributed by atoms with Crippen LogP contribution in [0.25, 0.3) is 11.3 Å². The predicted molar refractivity (Wildman–Crippen MR) is 100 cm³/mol. The average molecular weight is 409 g/mol. The maximum Gasteiger partial charge on any atom is 0.267 e. The summed E-state index contributed by atoms with van der Waals surface area (Å²) in [5.41, 5.74) is -0.158. The van der Waals surface area contributed by atoms with Crippen molar-refractivity contribution < 1.29 is 22.3 Å². The molecule has 1 aliphatic rings. The molecule has 1 atom stereocenters. The number of aromatic nitrogens is 2. The second-order valence-corrected chi connectivity index (χ2v) is 8.85. The lowest BCUT2D eigenvalue weighted by molar-refractivity contribution is -0.132. The summed E-state index contributed by atoms with van der Waals surface area (Å²) in [4.78, 5) is 25.9. The Morgan fingerprint density at radius 3 is 2.71 bits per heavy atom. The molecule has 2 heterocycles. The van der Waals surface area contributed by atoms with Crippen LogP contribution < -0.4 is 10.3 Å². The standard InChI is InChI=1S/C18H20FN3O5S/c1-21(12-7-8-28(25,26)11-12)18(24)10-22-17(23)6-5-16(20-22)14-4-3-13(27-2)9-15(14)19/h3-6,9,12H,7-8,10-11H2,1-2H3/t12-/m1/s1. The van der Waals surface area contributed by atoms with Gasteiger partial charge in [-0.1, -0.05) is 0 Å². The van der Waals surface area contributed by atoms with E-state index in [4.69, 9.17) is 4.74 Å². The van der Waals surface area contributed by atoms with Gasteiger partial charge in [-0.15, -0.1) is 0 Å². The predicted octanol–water partition coefficient (Wildman–Crippen LogP) is 0.703. The van der Waals surface area contributed by atoms with Gasteiger partial charge in [-0.25, -0.2) is 17.5 Å². The molecule has 0 N–H and O–H groups in total. The van der Waals surface area contributed by atoms with E-state index in [2.05, 4.69) is 5.10 Å². The van der Waals surface area contributed by atoms with Gasteiger partial charge in [0.2, 0.25) is 5.91 Å². The van der Waals surface area contributed by atoms with E-state index >= 15 is 0 Å². The second kappa shape index (κ2) is 7.70. The minimum atomic E-state index is -3.14. The van der Waals surface area contributed by atoms with Gasteiger partial charge in [0, 0.05) is 30.8 Å². The number of hydrogen-bond acceptors (Lipinski definition) is 6. The van der Waals surface area contributed by atoms with Crippen molar-refractivity contribution in [3.8, 4) is 17.0 Å². The summed E-state index contributed by atoms with van der Waals surface area (Å²) in [5, 5.41) is 4.09. The third-order valence-corrected chi connectivity index (χ3v) is 6.50. The first-order valence-electron chi connectivity index (χ1n) is 8.58. The zero-order valence-corrected chi connectivity index (χ0v) is 16.3. The molecular weight excluding hydrogens is 389 g/mol. The summed E-state index contributed by atoms with van der Waals surface area (Å²) < 4.78 is 43.4. The Morgan fingerprint density at radius 1 is 1.36 bits per heavy atom. The third kappa shape index (κ3) is 4.22. The molecule has 1 aromatic carbocycles. The van der Waals surface area contributed by atoms with Gasteiger partial charge >= 0.3 is 0 Å². The number of hydrogen-bond donors (Lipinski definition) is 0. The molecule has 0 spiro atoms. The SMILES string of the molecule is COc1ccc(-c2ccc(=O)n(CC(=O)N(C)[C@@H]3CCS(=O)(=O)C3)n2)c(F)c1. The maximum atomic E-state index is 14.3. The molecule has 28 heavy (non-hydrogen) atoms. The van der Waals surface area contributed by atoms with E-state index in [0.717, 1.165) is 4.68 Å². The lowest BCUT2D eigenvalue weighted by atomic mass is 10.1. The Balaban J connectivity index is 1.82. The Bertz CT molecular complexity index is 1070. The van der Waals surface area contributed by atoms with Gasteiger partial charge in [0.15, 0.2) is 9.84 Å². The number of methoxy groups -OCH3 is 1. The molecule has 10 heteroatoms. The number of likely N-dealkylation sites (N-methyl/N-ethyl adjacent to an activating group) is 1. The Kier molecular flexibility index (Phi) is 5.50. The Labute approximate surface area is 161 Å². The highest BCUT2D eigenvalue weighted by Crippen LogP contribution is 2.24. The van der Waals surface area contributed by atoms with Gasteiger partial charge in [0.25, 0.3) is 5.56 Å². The van der Waals surface area contributed by atoms with E-state index < -0.39 is 33.2 Å². The number of carbonyl (C=O) groups excluding carboxylic acids is 1. The van der Waals surface area contributed by atoms with E-state index in [1.807, 2.05) is 0 Å². The van der Waals surface area contributed by atoms with Gasteiger partial charge in [0.05, 0.1) is 24.3 Å². The van der Waals surface area contributed by atoms with Crippen molar-refractivity contribution in [1.29, 1.82) is 0 Å². The van der Waals surface area contributed by atoms with Crippen LogP contribution in [0.4, 0.5) is 4.39 Å². The van der Waals surface area contributed by atoms with Crippen molar-refractivity contribution in [3.05, 3.63) is 46.5 Å². The molecule has 0 unspecified atom stereocenters. The highest BCUT2D eigenvalue weighted by molar-refractivity contribution is 7.91. The lowest BCUT2D eigenvalue weighted by Crippen LogP contribution is -2.41. The van der Waals surface area contributed by atoms with Crippen LogP contribution in [-0.2, 0) is 21.2 Å². The zero-order valence-electron chi connectivity index (χ0n) is 15.5. The van der Waals surface area contributed by atoms with Crippen molar-refractivity contribution in [2.75, 3.05) is 25.7 Å². The van der Waals surface area contributed by atoms with Crippen LogP contribution in [0.1, 0.15) is 6.42 Å². The van der Waals surface area contributed by atoms with Crippen molar-refractivity contribution in [2.45, 2.75) is 19.0 Å². The second-order valence-electron chi connectivity index (χ2n) is 6.62. The van der Waals surface area contributed by atoms with Crippen molar-refractivity contribution >= 4 is 15.7 Å². The molecule has 1 amide bonds. The summed E-state index contributed by atoms with van der Waals surface area (Å²) in [6.45, 7) is -0.364. The summed E-state index contributed by atoms with van der Waals surface area (Å²) in [6, 6.07) is 6.40. The number of sulfone groups is 1. The van der Waals surface area contributed by atoms with E-state index in [9.17, 15) is 22.4 Å². The minimum Gasteiger partial charge on any atom is -0.497 e. The fraction of sp³-hybridized carbons (Fsp3) is 0.389. The van der Waals surface area contributed by atoms with E-state index in [-0.39, 0.29) is 29.3 Å². The van der Waals surface area contributed by atoms with Gasteiger partial charge in [-0.3, -0.25) is 9.59 Å². The zero-order chi connectivity index (χ0) is 20.5. The number of carbonyl (C=O) groups is 1. The number of halogens is 1. The fourth-order valence-electron chi connectivity index (χ4n) is 3.06. The topological polar surface area (TPSA) is 98.6 Å². The molecule has 1 aromatic heterocycles. The first kappa shape index (κ1) is 20.0. The first-order chi connectivity index (χ1) is 13.2. The van der Waals surface area contributed by atoms with Crippen LogP contribution in [-0.4, -0.2) is 60.7 Å². The number of ether oxygens (including phenoxy) is 1. The number of rotatable bonds is 5. The number of amides is 1. The summed E-state index contributed by atoms with van der Waals surface area (Å²) >= 11 is 0. The Morgan fingerprint density at radius 2 is 2.11 bits per heavy atom. The molecular formula is C18H20FN3O5S. The molecule has 8 nitrogen and oxygen atoms in total. The van der Waals surface area contributed by atoms with Gasteiger partial charge in [-0.2, -0.15) is 5.10 Å². The van der Waals surface area contributed by atoms with Crippen LogP contribution in [0.5, 0.6) is 5.75 Å². The smallest absolute Gasteiger partial charge is 0.267 e. The molecule has 0 bridgehead atoms. The molecule has 1 fully saturated rings. The molecule has 0 saturated carbocycles. The summed E-state index contributed by atoms with van der Waals surface area (Å²) in [5.74, 6) is -0.715. The maximum absolute atomic E-state index is 14.3. The fourth-order valence-corrected chi connectivity index (χ4v) is 4.83. The van der Waals surface area contributed by atoms with Crippen molar-refractivity contribution in [3.63, 3.8) is 0 Å². The van der Waals surface area contributed by atoms with Crippen molar-refractivity contribution in [1.82, 2.24) is 14.7 Å². The monoisotopic (exact) mass is 409 g/mol. The molecule has 1 aliphatic heterocycles. The highest BCUT2D eigenvalue weighted by atomic mass is 32.2. The van der Waals surface area contributed by atoms with E-state index in [1.54, 1.807) is 6.07 Å². The van der Waals surface area contributed by atoms with Crippen LogP contribution >= 0.6 is 0 Å².